The number of aryl methyl sites for hydroxylation is 1. The standard InChI is InChI=1S/C17H18Cl2IN5/c1-4-11(9(3)20)16-21-15-14(12-7-6-10(18)8-13(12)19)23-25(5-2)24-17(15)22-16/h6-9,11H,4-5H2,1-3H3. The van der Waals surface area contributed by atoms with E-state index < -0.39 is 0 Å². The number of nitrogens with zero attached hydrogens (tertiary/aromatic N) is 5. The van der Waals surface area contributed by atoms with Crippen molar-refractivity contribution in [1.29, 1.82) is 0 Å². The van der Waals surface area contributed by atoms with Gasteiger partial charge in [-0.1, -0.05) is 59.6 Å². The quantitative estimate of drug-likeness (QED) is 0.351. The van der Waals surface area contributed by atoms with Gasteiger partial charge in [-0.2, -0.15) is 9.90 Å². The predicted molar refractivity (Wildman–Crippen MR) is 110 cm³/mol. The molecule has 25 heavy (non-hydrogen) atoms. The van der Waals surface area contributed by atoms with E-state index in [0.717, 1.165) is 17.8 Å². The molecule has 0 radical (unpaired) electrons. The van der Waals surface area contributed by atoms with Gasteiger partial charge in [0, 0.05) is 20.4 Å². The zero-order chi connectivity index (χ0) is 18.1. The van der Waals surface area contributed by atoms with Crippen LogP contribution in [-0.4, -0.2) is 28.9 Å². The number of fused-ring (bicyclic) bond motifs is 1. The van der Waals surface area contributed by atoms with Crippen molar-refractivity contribution in [2.45, 2.75) is 43.6 Å². The van der Waals surface area contributed by atoms with Crippen molar-refractivity contribution < 1.29 is 0 Å². The van der Waals surface area contributed by atoms with Crippen LogP contribution < -0.4 is 0 Å². The third kappa shape index (κ3) is 3.75. The first-order valence-corrected chi connectivity index (χ1v) is 10.2. The predicted octanol–water partition coefficient (Wildman–Crippen LogP) is 5.48. The van der Waals surface area contributed by atoms with Crippen molar-refractivity contribution in [3.05, 3.63) is 34.1 Å². The van der Waals surface area contributed by atoms with Crippen molar-refractivity contribution >= 4 is 45.8 Å². The number of aromatic nitrogens is 5. The fraction of sp³-hybridized carbons (Fsp3) is 0.412. The minimum atomic E-state index is 0.276. The molecule has 0 aromatic heterocycles. The first-order chi connectivity index (χ1) is 11.9. The zero-order valence-corrected chi connectivity index (χ0v) is 17.8. The number of halogens is 3. The van der Waals surface area contributed by atoms with Crippen LogP contribution in [0.15, 0.2) is 18.2 Å². The Morgan fingerprint density at radius 3 is 2.48 bits per heavy atom. The lowest BCUT2D eigenvalue weighted by Crippen LogP contribution is -2.11. The summed E-state index contributed by atoms with van der Waals surface area (Å²) in [6, 6.07) is 5.37. The molecule has 0 N–H and O–H groups in total. The van der Waals surface area contributed by atoms with E-state index in [4.69, 9.17) is 33.2 Å². The topological polar surface area (TPSA) is 56.5 Å². The summed E-state index contributed by atoms with van der Waals surface area (Å²) in [5.74, 6) is 1.69. The normalized spacial score (nSPS) is 14.0. The smallest absolute Gasteiger partial charge is 0.204 e. The van der Waals surface area contributed by atoms with E-state index in [1.165, 1.54) is 0 Å². The van der Waals surface area contributed by atoms with Gasteiger partial charge >= 0.3 is 0 Å². The van der Waals surface area contributed by atoms with Crippen LogP contribution in [-0.2, 0) is 6.54 Å². The first kappa shape index (κ1) is 18.8. The second-order valence-electron chi connectivity index (χ2n) is 5.81. The molecule has 0 bridgehead atoms. The maximum absolute atomic E-state index is 6.40. The van der Waals surface area contributed by atoms with Gasteiger partial charge in [-0.3, -0.25) is 0 Å². The molecular formula is C17H18Cl2IN5. The summed E-state index contributed by atoms with van der Waals surface area (Å²) in [7, 11) is 0. The second-order valence-corrected chi connectivity index (χ2v) is 8.62. The van der Waals surface area contributed by atoms with Gasteiger partial charge in [0.2, 0.25) is 5.82 Å². The third-order valence-electron chi connectivity index (χ3n) is 4.10. The molecule has 2 unspecified atom stereocenters. The van der Waals surface area contributed by atoms with Gasteiger partial charge in [0.25, 0.3) is 0 Å². The molecule has 0 amide bonds. The number of hydrogen-bond donors (Lipinski definition) is 0. The first-order valence-electron chi connectivity index (χ1n) is 8.16. The van der Waals surface area contributed by atoms with Gasteiger partial charge < -0.3 is 0 Å². The fourth-order valence-corrected chi connectivity index (χ4v) is 4.09. The molecule has 2 aliphatic rings. The van der Waals surface area contributed by atoms with E-state index in [9.17, 15) is 0 Å². The molecule has 2 aliphatic heterocycles. The van der Waals surface area contributed by atoms with Crippen molar-refractivity contribution in [2.24, 2.45) is 0 Å². The average Bonchev–Trinajstić information content (AvgIpc) is 2.97. The monoisotopic (exact) mass is 489 g/mol. The van der Waals surface area contributed by atoms with E-state index in [1.807, 2.05) is 13.0 Å². The van der Waals surface area contributed by atoms with Crippen LogP contribution in [0.4, 0.5) is 0 Å². The molecule has 0 saturated heterocycles. The summed E-state index contributed by atoms with van der Waals surface area (Å²) in [5.41, 5.74) is 2.14. The van der Waals surface area contributed by atoms with Gasteiger partial charge in [0.1, 0.15) is 17.2 Å². The highest BCUT2D eigenvalue weighted by molar-refractivity contribution is 14.1. The zero-order valence-electron chi connectivity index (χ0n) is 14.2. The number of rotatable bonds is 5. The highest BCUT2D eigenvalue weighted by atomic mass is 127. The van der Waals surface area contributed by atoms with Crippen LogP contribution in [0.2, 0.25) is 10.0 Å². The average molecular weight is 490 g/mol. The Morgan fingerprint density at radius 1 is 1.12 bits per heavy atom. The van der Waals surface area contributed by atoms with Crippen LogP contribution in [0.3, 0.4) is 0 Å². The largest absolute Gasteiger partial charge is 0.227 e. The number of alkyl halides is 1. The number of imidazole rings is 1. The van der Waals surface area contributed by atoms with Crippen LogP contribution in [0.5, 0.6) is 0 Å². The van der Waals surface area contributed by atoms with Crippen molar-refractivity contribution in [3.8, 4) is 22.8 Å². The van der Waals surface area contributed by atoms with Crippen LogP contribution in [0.1, 0.15) is 38.9 Å². The Bertz CT molecular complexity index is 864. The minimum Gasteiger partial charge on any atom is -0.227 e. The number of hydrogen-bond acceptors (Lipinski definition) is 4. The third-order valence-corrected chi connectivity index (χ3v) is 5.52. The van der Waals surface area contributed by atoms with Crippen LogP contribution in [0.25, 0.3) is 22.8 Å². The Labute approximate surface area is 170 Å². The molecule has 2 heterocycles. The maximum atomic E-state index is 6.40. The number of benzene rings is 1. The van der Waals surface area contributed by atoms with E-state index in [0.29, 0.717) is 37.7 Å². The lowest BCUT2D eigenvalue weighted by molar-refractivity contribution is 0.543. The highest BCUT2D eigenvalue weighted by Gasteiger charge is 2.27. The Hall–Kier alpha value is -0.990. The highest BCUT2D eigenvalue weighted by Crippen LogP contribution is 2.36. The minimum absolute atomic E-state index is 0.276. The molecule has 0 fully saturated rings. The van der Waals surface area contributed by atoms with E-state index in [1.54, 1.807) is 16.9 Å². The molecule has 0 spiro atoms. The van der Waals surface area contributed by atoms with Gasteiger partial charge in [-0.15, -0.1) is 5.10 Å². The summed E-state index contributed by atoms with van der Waals surface area (Å²) in [4.78, 5) is 11.1. The Balaban J connectivity index is 2.22. The SMILES string of the molecule is CCC(c1nc2nn(CC)nc(-c3ccc(Cl)cc3Cl)c-2n1)C(C)I. The molecule has 3 rings (SSSR count). The second kappa shape index (κ2) is 7.72. The van der Waals surface area contributed by atoms with E-state index >= 15 is 0 Å². The summed E-state index contributed by atoms with van der Waals surface area (Å²) in [6.45, 7) is 6.94. The molecule has 132 valence electrons. The molecule has 0 aliphatic carbocycles. The lowest BCUT2D eigenvalue weighted by atomic mass is 10.0. The van der Waals surface area contributed by atoms with Crippen molar-refractivity contribution in [3.63, 3.8) is 0 Å². The molecule has 8 heteroatoms. The summed E-state index contributed by atoms with van der Waals surface area (Å²) >= 11 is 14.9. The summed E-state index contributed by atoms with van der Waals surface area (Å²) in [6.07, 6.45) is 0.971. The summed E-state index contributed by atoms with van der Waals surface area (Å²) in [5, 5.41) is 10.2. The van der Waals surface area contributed by atoms with Gasteiger partial charge in [0.15, 0.2) is 0 Å². The lowest BCUT2D eigenvalue weighted by Gasteiger charge is -2.13. The van der Waals surface area contributed by atoms with Crippen molar-refractivity contribution in [2.75, 3.05) is 0 Å². The van der Waals surface area contributed by atoms with Gasteiger partial charge in [0.05, 0.1) is 11.6 Å². The molecule has 0 saturated carbocycles. The van der Waals surface area contributed by atoms with Gasteiger partial charge in [-0.05, 0) is 31.5 Å². The molecular weight excluding hydrogens is 472 g/mol. The molecule has 5 nitrogen and oxygen atoms in total. The van der Waals surface area contributed by atoms with Crippen LogP contribution in [0, 0.1) is 0 Å². The van der Waals surface area contributed by atoms with Gasteiger partial charge in [-0.25, -0.2) is 9.97 Å². The Morgan fingerprint density at radius 2 is 1.88 bits per heavy atom. The molecule has 1 aromatic carbocycles. The maximum Gasteiger partial charge on any atom is 0.204 e. The van der Waals surface area contributed by atoms with Crippen molar-refractivity contribution in [1.82, 2.24) is 25.0 Å². The fourth-order valence-electron chi connectivity index (χ4n) is 2.76. The molecule has 1 aromatic rings. The molecule has 2 atom stereocenters. The Kier molecular flexibility index (Phi) is 5.80. The van der Waals surface area contributed by atoms with E-state index in [2.05, 4.69) is 46.6 Å². The van der Waals surface area contributed by atoms with Crippen LogP contribution >= 0.6 is 45.8 Å². The van der Waals surface area contributed by atoms with E-state index in [-0.39, 0.29) is 5.92 Å². The summed E-state index contributed by atoms with van der Waals surface area (Å²) < 4.78 is 0.424.